The molecule has 0 spiro atoms. The second kappa shape index (κ2) is 7.37. The van der Waals surface area contributed by atoms with Crippen molar-refractivity contribution in [2.75, 3.05) is 31.1 Å². The molecule has 1 aromatic rings. The highest BCUT2D eigenvalue weighted by molar-refractivity contribution is 5.44. The Morgan fingerprint density at radius 2 is 1.67 bits per heavy atom. The second-order valence-corrected chi connectivity index (χ2v) is 4.77. The van der Waals surface area contributed by atoms with Gasteiger partial charge in [-0.1, -0.05) is 13.8 Å². The lowest BCUT2D eigenvalue weighted by Crippen LogP contribution is -2.48. The zero-order valence-corrected chi connectivity index (χ0v) is 12.5. The van der Waals surface area contributed by atoms with Crippen LogP contribution in [0.2, 0.25) is 0 Å². The minimum Gasteiger partial charge on any atom is -0.368 e. The van der Waals surface area contributed by atoms with Crippen LogP contribution >= 0.6 is 0 Å². The summed E-state index contributed by atoms with van der Waals surface area (Å²) in [7, 11) is 0. The van der Waals surface area contributed by atoms with Crippen molar-refractivity contribution < 1.29 is 0 Å². The van der Waals surface area contributed by atoms with E-state index in [1.54, 1.807) is 0 Å². The minimum atomic E-state index is 0.665. The predicted octanol–water partition coefficient (Wildman–Crippen LogP) is 2.95. The summed E-state index contributed by atoms with van der Waals surface area (Å²) in [4.78, 5) is 9.30. The van der Waals surface area contributed by atoms with Gasteiger partial charge in [0.1, 0.15) is 0 Å². The third-order valence-electron chi connectivity index (χ3n) is 3.31. The molecule has 18 heavy (non-hydrogen) atoms. The van der Waals surface area contributed by atoms with E-state index in [0.717, 1.165) is 31.9 Å². The van der Waals surface area contributed by atoms with Crippen molar-refractivity contribution in [3.8, 4) is 0 Å². The molecule has 0 atom stereocenters. The lowest BCUT2D eigenvalue weighted by molar-refractivity contribution is 0.209. The summed E-state index contributed by atoms with van der Waals surface area (Å²) in [5.74, 6) is 0. The molecule has 2 heterocycles. The maximum Gasteiger partial charge on any atom is 0.0553 e. The summed E-state index contributed by atoms with van der Waals surface area (Å²) in [5, 5.41) is 0. The number of hydrogen-bond donors (Lipinski definition) is 0. The van der Waals surface area contributed by atoms with E-state index in [9.17, 15) is 0 Å². The fourth-order valence-electron chi connectivity index (χ4n) is 2.14. The van der Waals surface area contributed by atoms with Crippen LogP contribution in [0.1, 0.15) is 33.4 Å². The first-order valence-electron chi connectivity index (χ1n) is 7.08. The molecule has 0 unspecified atom stereocenters. The molecule has 1 aromatic heterocycles. The SMILES string of the molecule is CC.Cc1ccc(N2CCN(C(C)C)CC2)cn1. The van der Waals surface area contributed by atoms with Crippen LogP contribution in [-0.2, 0) is 0 Å². The van der Waals surface area contributed by atoms with E-state index in [4.69, 9.17) is 0 Å². The third-order valence-corrected chi connectivity index (χ3v) is 3.31. The third kappa shape index (κ3) is 3.98. The fourth-order valence-corrected chi connectivity index (χ4v) is 2.14. The fraction of sp³-hybridized carbons (Fsp3) is 0.667. The minimum absolute atomic E-state index is 0.665. The van der Waals surface area contributed by atoms with E-state index in [1.807, 2.05) is 27.0 Å². The van der Waals surface area contributed by atoms with Crippen molar-refractivity contribution >= 4 is 5.69 Å². The second-order valence-electron chi connectivity index (χ2n) is 4.77. The number of hydrogen-bond acceptors (Lipinski definition) is 3. The van der Waals surface area contributed by atoms with E-state index in [1.165, 1.54) is 5.69 Å². The van der Waals surface area contributed by atoms with Gasteiger partial charge in [0.05, 0.1) is 11.9 Å². The van der Waals surface area contributed by atoms with E-state index in [0.29, 0.717) is 6.04 Å². The van der Waals surface area contributed by atoms with E-state index in [-0.39, 0.29) is 0 Å². The Morgan fingerprint density at radius 3 is 2.11 bits per heavy atom. The quantitative estimate of drug-likeness (QED) is 0.803. The Labute approximate surface area is 112 Å². The van der Waals surface area contributed by atoms with Crippen LogP contribution in [0.25, 0.3) is 0 Å². The summed E-state index contributed by atoms with van der Waals surface area (Å²) in [6, 6.07) is 4.93. The molecule has 0 aliphatic carbocycles. The molecule has 0 bridgehead atoms. The molecule has 0 radical (unpaired) electrons. The van der Waals surface area contributed by atoms with Crippen molar-refractivity contribution in [3.05, 3.63) is 24.0 Å². The van der Waals surface area contributed by atoms with E-state index in [2.05, 4.69) is 40.8 Å². The molecule has 1 saturated heterocycles. The molecule has 0 N–H and O–H groups in total. The molecule has 1 fully saturated rings. The van der Waals surface area contributed by atoms with Gasteiger partial charge in [-0.3, -0.25) is 9.88 Å². The topological polar surface area (TPSA) is 19.4 Å². The number of aromatic nitrogens is 1. The van der Waals surface area contributed by atoms with Gasteiger partial charge in [-0.15, -0.1) is 0 Å². The maximum absolute atomic E-state index is 4.35. The molecule has 0 amide bonds. The van der Waals surface area contributed by atoms with Gasteiger partial charge in [0.25, 0.3) is 0 Å². The first-order valence-corrected chi connectivity index (χ1v) is 7.08. The van der Waals surface area contributed by atoms with Gasteiger partial charge in [-0.25, -0.2) is 0 Å². The van der Waals surface area contributed by atoms with Crippen molar-refractivity contribution in [2.24, 2.45) is 0 Å². The largest absolute Gasteiger partial charge is 0.368 e. The van der Waals surface area contributed by atoms with Gasteiger partial charge in [-0.2, -0.15) is 0 Å². The van der Waals surface area contributed by atoms with Crippen LogP contribution in [0, 0.1) is 6.92 Å². The molecule has 1 aliphatic heterocycles. The Bertz CT molecular complexity index is 324. The van der Waals surface area contributed by atoms with Gasteiger partial charge in [-0.05, 0) is 32.9 Å². The van der Waals surface area contributed by atoms with Crippen LogP contribution < -0.4 is 4.90 Å². The predicted molar refractivity (Wildman–Crippen MR) is 79.2 cm³/mol. The highest BCUT2D eigenvalue weighted by atomic mass is 15.3. The molecule has 3 heteroatoms. The molecular formula is C15H27N3. The van der Waals surface area contributed by atoms with Gasteiger partial charge >= 0.3 is 0 Å². The van der Waals surface area contributed by atoms with Gasteiger partial charge < -0.3 is 4.90 Å². The smallest absolute Gasteiger partial charge is 0.0553 e. The van der Waals surface area contributed by atoms with Crippen molar-refractivity contribution in [1.82, 2.24) is 9.88 Å². The molecule has 1 aliphatic rings. The first-order chi connectivity index (χ1) is 8.66. The van der Waals surface area contributed by atoms with E-state index >= 15 is 0 Å². The first kappa shape index (κ1) is 15.0. The van der Waals surface area contributed by atoms with Crippen molar-refractivity contribution in [2.45, 2.75) is 40.7 Å². The molecule has 102 valence electrons. The number of aryl methyl sites for hydroxylation is 1. The number of rotatable bonds is 2. The van der Waals surface area contributed by atoms with Crippen molar-refractivity contribution in [1.29, 1.82) is 0 Å². The molecule has 3 nitrogen and oxygen atoms in total. The van der Waals surface area contributed by atoms with Crippen molar-refractivity contribution in [3.63, 3.8) is 0 Å². The zero-order valence-electron chi connectivity index (χ0n) is 12.5. The summed E-state index contributed by atoms with van der Waals surface area (Å²) in [5.41, 5.74) is 2.35. The molecular weight excluding hydrogens is 222 g/mol. The van der Waals surface area contributed by atoms with Crippen LogP contribution in [0.15, 0.2) is 18.3 Å². The molecule has 0 aromatic carbocycles. The highest BCUT2D eigenvalue weighted by Gasteiger charge is 2.18. The monoisotopic (exact) mass is 249 g/mol. The Morgan fingerprint density at radius 1 is 1.06 bits per heavy atom. The standard InChI is InChI=1S/C13H21N3.C2H6/c1-11(2)15-6-8-16(9-7-15)13-5-4-12(3)14-10-13;1-2/h4-5,10-11H,6-9H2,1-3H3;1-2H3. The lowest BCUT2D eigenvalue weighted by atomic mass is 10.2. The summed E-state index contributed by atoms with van der Waals surface area (Å²) >= 11 is 0. The number of piperazine rings is 1. The number of nitrogens with zero attached hydrogens (tertiary/aromatic N) is 3. The Balaban J connectivity index is 0.000000771. The highest BCUT2D eigenvalue weighted by Crippen LogP contribution is 2.16. The Kier molecular flexibility index (Phi) is 6.13. The average Bonchev–Trinajstić information content (AvgIpc) is 2.42. The van der Waals surface area contributed by atoms with Crippen LogP contribution in [-0.4, -0.2) is 42.1 Å². The van der Waals surface area contributed by atoms with Crippen LogP contribution in [0.5, 0.6) is 0 Å². The van der Waals surface area contributed by atoms with Gasteiger partial charge in [0.15, 0.2) is 0 Å². The number of pyridine rings is 1. The average molecular weight is 249 g/mol. The normalized spacial score (nSPS) is 16.4. The maximum atomic E-state index is 4.35. The van der Waals surface area contributed by atoms with E-state index < -0.39 is 0 Å². The summed E-state index contributed by atoms with van der Waals surface area (Å²) in [6.45, 7) is 15.1. The number of anilines is 1. The van der Waals surface area contributed by atoms with Gasteiger partial charge in [0.2, 0.25) is 0 Å². The zero-order chi connectivity index (χ0) is 13.5. The van der Waals surface area contributed by atoms with Crippen LogP contribution in [0.4, 0.5) is 5.69 Å². The Hall–Kier alpha value is -1.09. The summed E-state index contributed by atoms with van der Waals surface area (Å²) < 4.78 is 0. The molecule has 2 rings (SSSR count). The van der Waals surface area contributed by atoms with Gasteiger partial charge in [0, 0.05) is 37.9 Å². The lowest BCUT2D eigenvalue weighted by Gasteiger charge is -2.37. The van der Waals surface area contributed by atoms with Crippen LogP contribution in [0.3, 0.4) is 0 Å². The summed E-state index contributed by atoms with van der Waals surface area (Å²) in [6.07, 6.45) is 1.99. The molecule has 0 saturated carbocycles.